The fourth-order valence-electron chi connectivity index (χ4n) is 4.69. The minimum atomic E-state index is -4.63. The summed E-state index contributed by atoms with van der Waals surface area (Å²) in [7, 11) is 0. The molecule has 0 atom stereocenters. The van der Waals surface area contributed by atoms with Crippen LogP contribution in [-0.4, -0.2) is 57.5 Å². The minimum absolute atomic E-state index is 0.0251. The number of ether oxygens (including phenoxy) is 1. The molecule has 1 saturated carbocycles. The molecular formula is C33H30ClF5N8O4. The molecule has 1 heterocycles. The van der Waals surface area contributed by atoms with Crippen LogP contribution >= 0.6 is 11.6 Å². The molecule has 0 saturated heterocycles. The summed E-state index contributed by atoms with van der Waals surface area (Å²) in [5, 5.41) is 13.7. The predicted molar refractivity (Wildman–Crippen MR) is 177 cm³/mol. The molecule has 5 rings (SSSR count). The van der Waals surface area contributed by atoms with Crippen LogP contribution < -0.4 is 31.3 Å². The van der Waals surface area contributed by atoms with Crippen LogP contribution in [0, 0.1) is 11.6 Å². The molecule has 3 aromatic carbocycles. The Morgan fingerprint density at radius 1 is 0.882 bits per heavy atom. The second-order valence-electron chi connectivity index (χ2n) is 12.2. The van der Waals surface area contributed by atoms with Gasteiger partial charge in [-0.15, -0.1) is 0 Å². The van der Waals surface area contributed by atoms with E-state index in [0.29, 0.717) is 29.6 Å². The van der Waals surface area contributed by atoms with Gasteiger partial charge in [-0.05, 0) is 80.8 Å². The molecule has 18 heteroatoms. The van der Waals surface area contributed by atoms with Crippen LogP contribution in [0.3, 0.4) is 0 Å². The topological polar surface area (TPSA) is 159 Å². The number of nitrogens with zero attached hydrogens (tertiary/aromatic N) is 3. The fourth-order valence-corrected chi connectivity index (χ4v) is 4.81. The van der Waals surface area contributed by atoms with Gasteiger partial charge in [0.25, 0.3) is 5.91 Å². The van der Waals surface area contributed by atoms with E-state index in [-0.39, 0.29) is 29.7 Å². The van der Waals surface area contributed by atoms with E-state index in [1.807, 2.05) is 12.1 Å². The number of alkyl halides is 3. The molecule has 12 nitrogen and oxygen atoms in total. The highest BCUT2D eigenvalue weighted by Gasteiger charge is 2.45. The zero-order valence-corrected chi connectivity index (χ0v) is 27.7. The number of benzene rings is 3. The third kappa shape index (κ3) is 10.2. The van der Waals surface area contributed by atoms with E-state index < -0.39 is 59.2 Å². The van der Waals surface area contributed by atoms with E-state index in [9.17, 15) is 36.3 Å². The number of carbonyl (C=O) groups excluding carboxylic acids is 3. The van der Waals surface area contributed by atoms with Gasteiger partial charge in [-0.2, -0.15) is 28.1 Å². The molecule has 268 valence electrons. The average Bonchev–Trinajstić information content (AvgIpc) is 3.84. The molecule has 0 unspecified atom stereocenters. The molecule has 5 N–H and O–H groups in total. The number of halogens is 6. The van der Waals surface area contributed by atoms with Gasteiger partial charge in [0.15, 0.2) is 6.61 Å². The summed E-state index contributed by atoms with van der Waals surface area (Å²) in [6, 6.07) is 14.9. The SMILES string of the molecule is CC(C)(CNC(=O)c1ccc(Nc2nc(NC3(c4ccc(Cl)cc4)CC3)nc(OCC(F)(F)F)n2)cc1)NC(=O)C(=O)Nc1ccc(F)cc1F. The second-order valence-corrected chi connectivity index (χ2v) is 12.6. The minimum Gasteiger partial charge on any atom is -0.454 e. The Hall–Kier alpha value is -5.58. The lowest BCUT2D eigenvalue weighted by Gasteiger charge is -2.26. The summed E-state index contributed by atoms with van der Waals surface area (Å²) in [5.41, 5.74) is -0.589. The van der Waals surface area contributed by atoms with E-state index in [0.717, 1.165) is 17.7 Å². The molecule has 0 spiro atoms. The van der Waals surface area contributed by atoms with E-state index in [1.54, 1.807) is 12.1 Å². The number of hydrogen-bond donors (Lipinski definition) is 5. The molecule has 3 amide bonds. The van der Waals surface area contributed by atoms with Crippen LogP contribution in [0.25, 0.3) is 0 Å². The Kier molecular flexibility index (Phi) is 10.6. The molecule has 1 aromatic heterocycles. The maximum absolute atomic E-state index is 13.8. The Morgan fingerprint density at radius 2 is 1.55 bits per heavy atom. The van der Waals surface area contributed by atoms with Crippen LogP contribution in [0.15, 0.2) is 66.7 Å². The maximum atomic E-state index is 13.8. The second kappa shape index (κ2) is 14.7. The number of amides is 3. The summed E-state index contributed by atoms with van der Waals surface area (Å²) in [6.45, 7) is 1.34. The fraction of sp³-hybridized carbons (Fsp3) is 0.273. The third-order valence-electron chi connectivity index (χ3n) is 7.41. The van der Waals surface area contributed by atoms with Crippen molar-refractivity contribution in [2.75, 3.05) is 29.1 Å². The summed E-state index contributed by atoms with van der Waals surface area (Å²) >= 11 is 6.01. The first-order valence-corrected chi connectivity index (χ1v) is 15.6. The van der Waals surface area contributed by atoms with Crippen molar-refractivity contribution < 1.29 is 41.1 Å². The van der Waals surface area contributed by atoms with E-state index in [1.165, 1.54) is 38.1 Å². The molecule has 4 aromatic rings. The van der Waals surface area contributed by atoms with Crippen molar-refractivity contribution in [1.29, 1.82) is 0 Å². The highest BCUT2D eigenvalue weighted by Crippen LogP contribution is 2.48. The molecular weight excluding hydrogens is 703 g/mol. The van der Waals surface area contributed by atoms with Gasteiger partial charge in [0, 0.05) is 28.9 Å². The number of carbonyl (C=O) groups is 3. The lowest BCUT2D eigenvalue weighted by molar-refractivity contribution is -0.154. The highest BCUT2D eigenvalue weighted by molar-refractivity contribution is 6.39. The smallest absolute Gasteiger partial charge is 0.422 e. The van der Waals surface area contributed by atoms with E-state index in [4.69, 9.17) is 16.3 Å². The normalized spacial score (nSPS) is 13.5. The standard InChI is InChI=1S/C33H30ClF5N8O4/c1-31(2,46-27(50)26(49)42-24-12-9-21(35)15-23(24)36)16-40-25(48)18-3-10-22(11-4-18)41-28-43-29(45-30(44-28)51-17-33(37,38)39)47-32(13-14-32)19-5-7-20(34)8-6-19/h3-12,15H,13-14,16-17H2,1-2H3,(H,40,48)(H,42,49)(H,46,50)(H2,41,43,44,45,47). The van der Waals surface area contributed by atoms with E-state index >= 15 is 0 Å². The van der Waals surface area contributed by atoms with Crippen molar-refractivity contribution in [2.45, 2.75) is 43.9 Å². The van der Waals surface area contributed by atoms with Gasteiger partial charge >= 0.3 is 24.0 Å². The highest BCUT2D eigenvalue weighted by atomic mass is 35.5. The maximum Gasteiger partial charge on any atom is 0.422 e. The Bertz CT molecular complexity index is 1920. The Balaban J connectivity index is 1.20. The van der Waals surface area contributed by atoms with Crippen molar-refractivity contribution in [2.24, 2.45) is 0 Å². The van der Waals surface area contributed by atoms with Crippen molar-refractivity contribution in [1.82, 2.24) is 25.6 Å². The summed E-state index contributed by atoms with van der Waals surface area (Å²) < 4.78 is 70.5. The first-order chi connectivity index (χ1) is 24.0. The Morgan fingerprint density at radius 3 is 2.18 bits per heavy atom. The van der Waals surface area contributed by atoms with Crippen LogP contribution in [0.5, 0.6) is 6.01 Å². The molecule has 1 fully saturated rings. The number of anilines is 4. The summed E-state index contributed by atoms with van der Waals surface area (Å²) in [4.78, 5) is 49.8. The zero-order chi connectivity index (χ0) is 37.0. The van der Waals surface area contributed by atoms with Crippen molar-refractivity contribution in [3.8, 4) is 6.01 Å². The lowest BCUT2D eigenvalue weighted by atomic mass is 10.1. The third-order valence-corrected chi connectivity index (χ3v) is 7.66. The predicted octanol–water partition coefficient (Wildman–Crippen LogP) is 5.85. The number of rotatable bonds is 12. The van der Waals surface area contributed by atoms with Crippen molar-refractivity contribution >= 4 is 52.6 Å². The molecule has 0 radical (unpaired) electrons. The first kappa shape index (κ1) is 36.7. The van der Waals surface area contributed by atoms with Crippen LogP contribution in [0.2, 0.25) is 5.02 Å². The van der Waals surface area contributed by atoms with Crippen LogP contribution in [-0.2, 0) is 15.1 Å². The quantitative estimate of drug-likeness (QED) is 0.0890. The summed E-state index contributed by atoms with van der Waals surface area (Å²) in [5.74, 6) is -4.91. The van der Waals surface area contributed by atoms with Gasteiger partial charge in [0.1, 0.15) is 11.6 Å². The number of nitrogens with one attached hydrogen (secondary N) is 5. The molecule has 0 bridgehead atoms. The van der Waals surface area contributed by atoms with Gasteiger partial charge < -0.3 is 31.3 Å². The molecule has 0 aliphatic heterocycles. The van der Waals surface area contributed by atoms with Crippen LogP contribution in [0.4, 0.5) is 45.2 Å². The largest absolute Gasteiger partial charge is 0.454 e. The van der Waals surface area contributed by atoms with Gasteiger partial charge in [0.2, 0.25) is 11.9 Å². The van der Waals surface area contributed by atoms with Crippen molar-refractivity contribution in [3.63, 3.8) is 0 Å². The summed E-state index contributed by atoms with van der Waals surface area (Å²) in [6.07, 6.45) is -3.21. The van der Waals surface area contributed by atoms with Gasteiger partial charge in [-0.25, -0.2) is 8.78 Å². The molecule has 1 aliphatic rings. The van der Waals surface area contributed by atoms with Gasteiger partial charge in [-0.1, -0.05) is 23.7 Å². The average molecular weight is 733 g/mol. The van der Waals surface area contributed by atoms with Gasteiger partial charge in [-0.3, -0.25) is 14.4 Å². The zero-order valence-electron chi connectivity index (χ0n) is 26.9. The van der Waals surface area contributed by atoms with E-state index in [2.05, 4.69) is 41.5 Å². The lowest BCUT2D eigenvalue weighted by Crippen LogP contribution is -2.54. The van der Waals surface area contributed by atoms with Crippen molar-refractivity contribution in [3.05, 3.63) is 94.5 Å². The van der Waals surface area contributed by atoms with Crippen LogP contribution in [0.1, 0.15) is 42.6 Å². The monoisotopic (exact) mass is 732 g/mol. The molecule has 1 aliphatic carbocycles. The number of hydrogen-bond acceptors (Lipinski definition) is 9. The first-order valence-electron chi connectivity index (χ1n) is 15.2. The Labute approximate surface area is 292 Å². The van der Waals surface area contributed by atoms with Gasteiger partial charge in [0.05, 0.1) is 16.8 Å². The number of aromatic nitrogens is 3. The molecule has 51 heavy (non-hydrogen) atoms.